The molecule has 0 aliphatic heterocycles. The zero-order valence-electron chi connectivity index (χ0n) is 12.8. The summed E-state index contributed by atoms with van der Waals surface area (Å²) in [6.45, 7) is 9.76. The molecule has 0 aliphatic carbocycles. The highest BCUT2D eigenvalue weighted by Crippen LogP contribution is 2.16. The normalized spacial score (nSPS) is 13.6. The molecule has 0 fully saturated rings. The Labute approximate surface area is 121 Å². The number of aromatic nitrogens is 2. The minimum Gasteiger partial charge on any atom is -0.313 e. The lowest BCUT2D eigenvalue weighted by atomic mass is 10.1. The van der Waals surface area contributed by atoms with E-state index < -0.39 is 10.0 Å². The molecule has 0 amide bonds. The molecule has 7 heteroatoms. The predicted molar refractivity (Wildman–Crippen MR) is 80.0 cm³/mol. The molecule has 0 bridgehead atoms. The molecule has 1 unspecified atom stereocenters. The van der Waals surface area contributed by atoms with Crippen LogP contribution in [0.5, 0.6) is 0 Å². The van der Waals surface area contributed by atoms with Crippen LogP contribution in [0.4, 0.5) is 0 Å². The highest BCUT2D eigenvalue weighted by Gasteiger charge is 2.23. The van der Waals surface area contributed by atoms with Gasteiger partial charge in [0.2, 0.25) is 0 Å². The van der Waals surface area contributed by atoms with E-state index in [0.29, 0.717) is 19.0 Å². The monoisotopic (exact) mass is 302 g/mol. The average Bonchev–Trinajstić information content (AvgIpc) is 2.79. The van der Waals surface area contributed by atoms with Gasteiger partial charge in [-0.3, -0.25) is 5.10 Å². The van der Waals surface area contributed by atoms with E-state index in [1.807, 2.05) is 20.8 Å². The van der Waals surface area contributed by atoms with Gasteiger partial charge in [0, 0.05) is 24.3 Å². The molecule has 1 aromatic rings. The van der Waals surface area contributed by atoms with Crippen molar-refractivity contribution in [1.29, 1.82) is 0 Å². The van der Waals surface area contributed by atoms with Crippen LogP contribution in [0.15, 0.2) is 5.03 Å². The molecule has 20 heavy (non-hydrogen) atoms. The van der Waals surface area contributed by atoms with Gasteiger partial charge in [-0.15, -0.1) is 0 Å². The maximum Gasteiger partial charge on any atom is 0.260 e. The highest BCUT2D eigenvalue weighted by molar-refractivity contribution is 7.89. The Morgan fingerprint density at radius 2 is 2.05 bits per heavy atom. The molecule has 0 aromatic carbocycles. The van der Waals surface area contributed by atoms with Crippen molar-refractivity contribution < 1.29 is 8.42 Å². The summed E-state index contributed by atoms with van der Waals surface area (Å²) in [6, 6.07) is 0. The second kappa shape index (κ2) is 7.75. The van der Waals surface area contributed by atoms with Crippen molar-refractivity contribution in [2.45, 2.75) is 52.1 Å². The van der Waals surface area contributed by atoms with Crippen LogP contribution in [0.2, 0.25) is 0 Å². The lowest BCUT2D eigenvalue weighted by molar-refractivity contribution is 0.525. The van der Waals surface area contributed by atoms with Crippen molar-refractivity contribution in [2.24, 2.45) is 5.92 Å². The van der Waals surface area contributed by atoms with Crippen LogP contribution >= 0.6 is 0 Å². The molecule has 0 saturated carbocycles. The fourth-order valence-corrected chi connectivity index (χ4v) is 3.07. The van der Waals surface area contributed by atoms with E-state index in [1.54, 1.807) is 0 Å². The Morgan fingerprint density at radius 3 is 2.65 bits per heavy atom. The summed E-state index contributed by atoms with van der Waals surface area (Å²) in [7, 11) is -3.54. The third kappa shape index (κ3) is 4.57. The van der Waals surface area contributed by atoms with Crippen molar-refractivity contribution in [3.63, 3.8) is 0 Å². The van der Waals surface area contributed by atoms with Crippen LogP contribution in [0.25, 0.3) is 0 Å². The smallest absolute Gasteiger partial charge is 0.260 e. The molecule has 0 radical (unpaired) electrons. The first kappa shape index (κ1) is 17.1. The zero-order chi connectivity index (χ0) is 15.2. The fourth-order valence-electron chi connectivity index (χ4n) is 1.72. The number of aryl methyl sites for hydroxylation is 1. The third-order valence-electron chi connectivity index (χ3n) is 3.34. The number of nitrogens with zero attached hydrogens (tertiary/aromatic N) is 1. The molecule has 6 nitrogen and oxygen atoms in total. The molecule has 0 spiro atoms. The minimum atomic E-state index is -3.54. The fraction of sp³-hybridized carbons (Fsp3) is 0.769. The van der Waals surface area contributed by atoms with E-state index in [-0.39, 0.29) is 5.03 Å². The second-order valence-corrected chi connectivity index (χ2v) is 6.86. The van der Waals surface area contributed by atoms with E-state index in [9.17, 15) is 8.42 Å². The first-order valence-electron chi connectivity index (χ1n) is 7.16. The highest BCUT2D eigenvalue weighted by atomic mass is 32.2. The van der Waals surface area contributed by atoms with Crippen LogP contribution in [-0.2, 0) is 16.6 Å². The number of nitrogens with one attached hydrogen (secondary N) is 3. The van der Waals surface area contributed by atoms with Crippen LogP contribution < -0.4 is 10.0 Å². The Balaban J connectivity index is 2.83. The first-order chi connectivity index (χ1) is 9.42. The summed E-state index contributed by atoms with van der Waals surface area (Å²) in [4.78, 5) is 0. The van der Waals surface area contributed by atoms with E-state index in [2.05, 4.69) is 27.2 Å². The van der Waals surface area contributed by atoms with Crippen LogP contribution in [0.1, 0.15) is 44.9 Å². The number of hydrogen-bond donors (Lipinski definition) is 3. The molecule has 0 aliphatic rings. The summed E-state index contributed by atoms with van der Waals surface area (Å²) >= 11 is 0. The van der Waals surface area contributed by atoms with Gasteiger partial charge in [0.25, 0.3) is 10.0 Å². The lowest BCUT2D eigenvalue weighted by Gasteiger charge is -2.11. The first-order valence-corrected chi connectivity index (χ1v) is 8.64. The molecular weight excluding hydrogens is 276 g/mol. The van der Waals surface area contributed by atoms with E-state index in [4.69, 9.17) is 0 Å². The number of H-pyrrole nitrogens is 1. The molecule has 1 atom stereocenters. The standard InChI is InChI=1S/C13H26N4O2S/c1-5-7-14-9-12-11(4)16-17-13(12)20(18,19)15-8-10(3)6-2/h10,14-15H,5-9H2,1-4H3,(H,16,17). The lowest BCUT2D eigenvalue weighted by Crippen LogP contribution is -2.30. The van der Waals surface area contributed by atoms with Gasteiger partial charge in [0.1, 0.15) is 0 Å². The summed E-state index contributed by atoms with van der Waals surface area (Å²) in [5, 5.41) is 10.0. The largest absolute Gasteiger partial charge is 0.313 e. The van der Waals surface area contributed by atoms with Crippen molar-refractivity contribution in [1.82, 2.24) is 20.2 Å². The average molecular weight is 302 g/mol. The maximum atomic E-state index is 12.3. The van der Waals surface area contributed by atoms with Crippen molar-refractivity contribution >= 4 is 10.0 Å². The molecule has 3 N–H and O–H groups in total. The Kier molecular flexibility index (Phi) is 6.64. The van der Waals surface area contributed by atoms with Crippen molar-refractivity contribution in [2.75, 3.05) is 13.1 Å². The van der Waals surface area contributed by atoms with Crippen LogP contribution in [0.3, 0.4) is 0 Å². The van der Waals surface area contributed by atoms with Gasteiger partial charge < -0.3 is 5.32 Å². The molecule has 116 valence electrons. The summed E-state index contributed by atoms with van der Waals surface area (Å²) in [6.07, 6.45) is 1.94. The molecule has 1 aromatic heterocycles. The van der Waals surface area contributed by atoms with E-state index >= 15 is 0 Å². The second-order valence-electron chi connectivity index (χ2n) is 5.17. The van der Waals surface area contributed by atoms with E-state index in [1.165, 1.54) is 0 Å². The maximum absolute atomic E-state index is 12.3. The summed E-state index contributed by atoms with van der Waals surface area (Å²) in [5.41, 5.74) is 1.51. The van der Waals surface area contributed by atoms with Gasteiger partial charge in [-0.1, -0.05) is 27.2 Å². The molecule has 1 rings (SSSR count). The van der Waals surface area contributed by atoms with Gasteiger partial charge in [-0.2, -0.15) is 5.10 Å². The van der Waals surface area contributed by atoms with Crippen molar-refractivity contribution in [3.05, 3.63) is 11.3 Å². The summed E-state index contributed by atoms with van der Waals surface area (Å²) in [5.74, 6) is 0.312. The van der Waals surface area contributed by atoms with Gasteiger partial charge >= 0.3 is 0 Å². The Bertz CT molecular complexity index is 510. The number of hydrogen-bond acceptors (Lipinski definition) is 4. The van der Waals surface area contributed by atoms with Gasteiger partial charge in [0.05, 0.1) is 0 Å². The number of aromatic amines is 1. The topological polar surface area (TPSA) is 86.9 Å². The zero-order valence-corrected chi connectivity index (χ0v) is 13.6. The third-order valence-corrected chi connectivity index (χ3v) is 4.73. The number of rotatable bonds is 9. The van der Waals surface area contributed by atoms with Gasteiger partial charge in [-0.25, -0.2) is 13.1 Å². The quantitative estimate of drug-likeness (QED) is 0.604. The van der Waals surface area contributed by atoms with Gasteiger partial charge in [0.15, 0.2) is 5.03 Å². The molecule has 1 heterocycles. The minimum absolute atomic E-state index is 0.113. The molecular formula is C13H26N4O2S. The summed E-state index contributed by atoms with van der Waals surface area (Å²) < 4.78 is 27.2. The van der Waals surface area contributed by atoms with Crippen LogP contribution in [0, 0.1) is 12.8 Å². The number of sulfonamides is 1. The SMILES string of the molecule is CCCNCc1c(S(=O)(=O)NCC(C)CC)n[nH]c1C. The van der Waals surface area contributed by atoms with Gasteiger partial charge in [-0.05, 0) is 25.8 Å². The predicted octanol–water partition coefficient (Wildman–Crippen LogP) is 1.54. The van der Waals surface area contributed by atoms with Crippen LogP contribution in [-0.4, -0.2) is 31.7 Å². The Hall–Kier alpha value is -0.920. The van der Waals surface area contributed by atoms with E-state index in [0.717, 1.165) is 30.6 Å². The molecule has 0 saturated heterocycles. The Morgan fingerprint density at radius 1 is 1.35 bits per heavy atom. The van der Waals surface area contributed by atoms with Crippen molar-refractivity contribution in [3.8, 4) is 0 Å².